The predicted octanol–water partition coefficient (Wildman–Crippen LogP) is 1.35. The normalized spacial score (nSPS) is 7.89. The van der Waals surface area contributed by atoms with Crippen LogP contribution in [-0.4, -0.2) is 10.9 Å². The minimum atomic E-state index is -0.0646. The van der Waals surface area contributed by atoms with Gasteiger partial charge in [0.15, 0.2) is 0 Å². The number of nitrogens with zero attached hydrogens (tertiary/aromatic N) is 1. The van der Waals surface area contributed by atoms with E-state index in [9.17, 15) is 4.79 Å². The van der Waals surface area contributed by atoms with Gasteiger partial charge >= 0.3 is 0 Å². The predicted molar refractivity (Wildman–Crippen MR) is 37.9 cm³/mol. The standard InChI is InChI=1S/C6H7NOS/c1-2-6(8)9-5-3-4-7/h2H,1,3,5H2. The fraction of sp³-hybridized carbons (Fsp3) is 0.333. The molecule has 0 unspecified atom stereocenters. The van der Waals surface area contributed by atoms with Gasteiger partial charge < -0.3 is 0 Å². The lowest BCUT2D eigenvalue weighted by molar-refractivity contribution is -0.107. The van der Waals surface area contributed by atoms with E-state index in [1.807, 2.05) is 6.07 Å². The minimum Gasteiger partial charge on any atom is -0.282 e. The van der Waals surface area contributed by atoms with Gasteiger partial charge in [-0.2, -0.15) is 5.26 Å². The van der Waals surface area contributed by atoms with Crippen molar-refractivity contribution in [3.05, 3.63) is 12.7 Å². The summed E-state index contributed by atoms with van der Waals surface area (Å²) in [6.45, 7) is 3.29. The van der Waals surface area contributed by atoms with Crippen LogP contribution in [-0.2, 0) is 4.79 Å². The fourth-order valence-electron chi connectivity index (χ4n) is 0.256. The summed E-state index contributed by atoms with van der Waals surface area (Å²) in [5, 5.41) is 7.99. The van der Waals surface area contributed by atoms with Crippen molar-refractivity contribution in [2.75, 3.05) is 5.75 Å². The van der Waals surface area contributed by atoms with Gasteiger partial charge in [0.05, 0.1) is 6.07 Å². The van der Waals surface area contributed by atoms with Crippen molar-refractivity contribution in [1.82, 2.24) is 0 Å². The highest BCUT2D eigenvalue weighted by atomic mass is 32.2. The summed E-state index contributed by atoms with van der Waals surface area (Å²) in [5.74, 6) is 0.571. The molecule has 0 saturated heterocycles. The number of rotatable bonds is 3. The van der Waals surface area contributed by atoms with Crippen molar-refractivity contribution in [3.8, 4) is 6.07 Å². The first kappa shape index (κ1) is 8.25. The molecule has 0 aliphatic heterocycles. The van der Waals surface area contributed by atoms with Gasteiger partial charge in [-0.1, -0.05) is 18.3 Å². The van der Waals surface area contributed by atoms with Gasteiger partial charge in [-0.15, -0.1) is 0 Å². The van der Waals surface area contributed by atoms with Gasteiger partial charge in [0.1, 0.15) is 0 Å². The molecule has 0 heterocycles. The molecular weight excluding hydrogens is 134 g/mol. The summed E-state index contributed by atoms with van der Waals surface area (Å²) >= 11 is 1.12. The molecule has 48 valence electrons. The third kappa shape index (κ3) is 5.12. The zero-order valence-electron chi connectivity index (χ0n) is 4.96. The van der Waals surface area contributed by atoms with E-state index in [1.165, 1.54) is 6.08 Å². The lowest BCUT2D eigenvalue weighted by Crippen LogP contribution is -1.85. The van der Waals surface area contributed by atoms with Crippen molar-refractivity contribution in [3.63, 3.8) is 0 Å². The molecule has 0 aromatic heterocycles. The minimum absolute atomic E-state index is 0.0646. The third-order valence-electron chi connectivity index (χ3n) is 0.625. The largest absolute Gasteiger partial charge is 0.282 e. The van der Waals surface area contributed by atoms with Crippen LogP contribution in [0.4, 0.5) is 0 Å². The summed E-state index contributed by atoms with van der Waals surface area (Å²) in [5.41, 5.74) is 0. The molecule has 0 fully saturated rings. The van der Waals surface area contributed by atoms with Gasteiger partial charge in [0.25, 0.3) is 0 Å². The van der Waals surface area contributed by atoms with Crippen molar-refractivity contribution in [2.24, 2.45) is 0 Å². The van der Waals surface area contributed by atoms with Gasteiger partial charge in [-0.25, -0.2) is 0 Å². The Balaban J connectivity index is 3.19. The van der Waals surface area contributed by atoms with Crippen LogP contribution in [0.2, 0.25) is 0 Å². The molecule has 3 heteroatoms. The van der Waals surface area contributed by atoms with Crippen molar-refractivity contribution in [2.45, 2.75) is 6.42 Å². The highest BCUT2D eigenvalue weighted by Crippen LogP contribution is 2.02. The average molecular weight is 141 g/mol. The zero-order chi connectivity index (χ0) is 7.11. The van der Waals surface area contributed by atoms with E-state index in [1.54, 1.807) is 0 Å². The Hall–Kier alpha value is -0.750. The SMILES string of the molecule is C=CC(=O)SCCC#N. The Kier molecular flexibility index (Phi) is 4.94. The number of hydrogen-bond donors (Lipinski definition) is 0. The van der Waals surface area contributed by atoms with E-state index >= 15 is 0 Å². The average Bonchev–Trinajstić information content (AvgIpc) is 1.89. The first-order valence-corrected chi connectivity index (χ1v) is 3.46. The Labute approximate surface area is 58.6 Å². The molecule has 0 aromatic carbocycles. The summed E-state index contributed by atoms with van der Waals surface area (Å²) in [7, 11) is 0. The molecule has 0 aromatic rings. The van der Waals surface area contributed by atoms with Crippen LogP contribution in [0.3, 0.4) is 0 Å². The van der Waals surface area contributed by atoms with Crippen LogP contribution in [0.1, 0.15) is 6.42 Å². The number of thioether (sulfide) groups is 1. The maximum atomic E-state index is 10.4. The molecular formula is C6H7NOS. The van der Waals surface area contributed by atoms with E-state index in [2.05, 4.69) is 6.58 Å². The fourth-order valence-corrected chi connectivity index (χ4v) is 0.769. The second-order valence-electron chi connectivity index (χ2n) is 1.28. The monoisotopic (exact) mass is 141 g/mol. The molecule has 2 nitrogen and oxygen atoms in total. The van der Waals surface area contributed by atoms with E-state index in [0.29, 0.717) is 12.2 Å². The highest BCUT2D eigenvalue weighted by Gasteiger charge is 1.93. The Morgan fingerprint density at radius 1 is 1.89 bits per heavy atom. The first-order chi connectivity index (χ1) is 4.31. The van der Waals surface area contributed by atoms with Gasteiger partial charge in [-0.3, -0.25) is 4.79 Å². The lowest BCUT2D eigenvalue weighted by Gasteiger charge is -1.86. The molecule has 0 aliphatic carbocycles. The third-order valence-corrected chi connectivity index (χ3v) is 1.48. The second kappa shape index (κ2) is 5.39. The molecule has 0 spiro atoms. The van der Waals surface area contributed by atoms with Crippen LogP contribution in [0.25, 0.3) is 0 Å². The Morgan fingerprint density at radius 3 is 3.00 bits per heavy atom. The molecule has 0 bridgehead atoms. The maximum absolute atomic E-state index is 10.4. The van der Waals surface area contributed by atoms with Crippen molar-refractivity contribution < 1.29 is 4.79 Å². The molecule has 0 rings (SSSR count). The topological polar surface area (TPSA) is 40.9 Å². The summed E-state index contributed by atoms with van der Waals surface area (Å²) in [6.07, 6.45) is 1.67. The maximum Gasteiger partial charge on any atom is 0.211 e. The van der Waals surface area contributed by atoms with Crippen LogP contribution in [0.15, 0.2) is 12.7 Å². The number of nitriles is 1. The Morgan fingerprint density at radius 2 is 2.56 bits per heavy atom. The van der Waals surface area contributed by atoms with Crippen LogP contribution in [0, 0.1) is 11.3 Å². The van der Waals surface area contributed by atoms with Gasteiger partial charge in [-0.05, 0) is 6.08 Å². The molecule has 0 radical (unpaired) electrons. The van der Waals surface area contributed by atoms with E-state index in [0.717, 1.165) is 11.8 Å². The number of hydrogen-bond acceptors (Lipinski definition) is 3. The number of carbonyl (C=O) groups is 1. The zero-order valence-corrected chi connectivity index (χ0v) is 5.78. The molecule has 0 saturated carbocycles. The molecule has 0 N–H and O–H groups in total. The van der Waals surface area contributed by atoms with Gasteiger partial charge in [0.2, 0.25) is 5.12 Å². The summed E-state index contributed by atoms with van der Waals surface area (Å²) < 4.78 is 0. The van der Waals surface area contributed by atoms with Gasteiger partial charge in [0, 0.05) is 12.2 Å². The summed E-state index contributed by atoms with van der Waals surface area (Å²) in [4.78, 5) is 10.4. The first-order valence-electron chi connectivity index (χ1n) is 2.47. The molecule has 0 atom stereocenters. The van der Waals surface area contributed by atoms with E-state index in [4.69, 9.17) is 5.26 Å². The van der Waals surface area contributed by atoms with Crippen LogP contribution >= 0.6 is 11.8 Å². The molecule has 0 amide bonds. The molecule has 9 heavy (non-hydrogen) atoms. The van der Waals surface area contributed by atoms with Crippen LogP contribution < -0.4 is 0 Å². The quantitative estimate of drug-likeness (QED) is 0.440. The number of carbonyl (C=O) groups excluding carboxylic acids is 1. The Bertz CT molecular complexity index is 148. The van der Waals surface area contributed by atoms with Crippen LogP contribution in [0.5, 0.6) is 0 Å². The highest BCUT2D eigenvalue weighted by molar-refractivity contribution is 8.14. The van der Waals surface area contributed by atoms with E-state index in [-0.39, 0.29) is 5.12 Å². The second-order valence-corrected chi connectivity index (χ2v) is 2.38. The van der Waals surface area contributed by atoms with E-state index < -0.39 is 0 Å². The summed E-state index contributed by atoms with van der Waals surface area (Å²) in [6, 6.07) is 1.94. The molecule has 0 aliphatic rings. The van der Waals surface area contributed by atoms with Crippen molar-refractivity contribution >= 4 is 16.9 Å². The lowest BCUT2D eigenvalue weighted by atomic mass is 10.6. The van der Waals surface area contributed by atoms with Crippen molar-refractivity contribution in [1.29, 1.82) is 5.26 Å². The smallest absolute Gasteiger partial charge is 0.211 e.